The van der Waals surface area contributed by atoms with Gasteiger partial charge < -0.3 is 9.47 Å². The van der Waals surface area contributed by atoms with Crippen LogP contribution in [-0.4, -0.2) is 14.2 Å². The van der Waals surface area contributed by atoms with Crippen molar-refractivity contribution in [3.05, 3.63) is 22.7 Å². The fraction of sp³-hybridized carbons (Fsp3) is 0.200. The van der Waals surface area contributed by atoms with Crippen molar-refractivity contribution >= 4 is 37.4 Å². The minimum absolute atomic E-state index is 0.879. The summed E-state index contributed by atoms with van der Waals surface area (Å²) in [6, 6.07) is 5.96. The van der Waals surface area contributed by atoms with Crippen LogP contribution in [0.4, 0.5) is 0 Å². The molecule has 0 radical (unpaired) electrons. The molecule has 0 amide bonds. The number of hydrogen-bond donors (Lipinski definition) is 0. The summed E-state index contributed by atoms with van der Waals surface area (Å²) in [5.74, 6) is 0.886. The number of rotatable bonds is 2. The van der Waals surface area contributed by atoms with Crippen molar-refractivity contribution in [2.75, 3.05) is 14.2 Å². The number of thiophene rings is 1. The van der Waals surface area contributed by atoms with Gasteiger partial charge in [-0.05, 0) is 22.0 Å². The highest BCUT2D eigenvalue weighted by molar-refractivity contribution is 9.10. The van der Waals surface area contributed by atoms with Crippen molar-refractivity contribution in [1.29, 1.82) is 0 Å². The molecule has 0 unspecified atom stereocenters. The maximum Gasteiger partial charge on any atom is 0.189 e. The van der Waals surface area contributed by atoms with Crippen molar-refractivity contribution < 1.29 is 9.47 Å². The molecule has 1 aromatic heterocycles. The first kappa shape index (κ1) is 9.80. The Morgan fingerprint density at radius 3 is 2.64 bits per heavy atom. The van der Waals surface area contributed by atoms with Crippen LogP contribution in [0.5, 0.6) is 10.8 Å². The zero-order valence-electron chi connectivity index (χ0n) is 7.83. The lowest BCUT2D eigenvalue weighted by Crippen LogP contribution is -1.80. The molecule has 0 saturated heterocycles. The number of benzene rings is 1. The second-order valence-electron chi connectivity index (χ2n) is 2.74. The number of ether oxygens (including phenoxy) is 2. The van der Waals surface area contributed by atoms with Crippen LogP contribution in [0.25, 0.3) is 10.1 Å². The molecule has 0 N–H and O–H groups in total. The van der Waals surface area contributed by atoms with Gasteiger partial charge in [0, 0.05) is 5.39 Å². The van der Waals surface area contributed by atoms with E-state index < -0.39 is 0 Å². The van der Waals surface area contributed by atoms with Crippen molar-refractivity contribution in [1.82, 2.24) is 0 Å². The predicted molar refractivity (Wildman–Crippen MR) is 62.6 cm³/mol. The number of hydrogen-bond acceptors (Lipinski definition) is 3. The molecule has 0 saturated carbocycles. The monoisotopic (exact) mass is 272 g/mol. The molecule has 2 nitrogen and oxygen atoms in total. The van der Waals surface area contributed by atoms with Gasteiger partial charge in [0.1, 0.15) is 5.75 Å². The third kappa shape index (κ3) is 1.38. The minimum atomic E-state index is 0.879. The van der Waals surface area contributed by atoms with Gasteiger partial charge in [0.25, 0.3) is 0 Å². The second kappa shape index (κ2) is 3.79. The third-order valence-corrected chi connectivity index (χ3v) is 4.23. The summed E-state index contributed by atoms with van der Waals surface area (Å²) in [7, 11) is 3.34. The second-order valence-corrected chi connectivity index (χ2v) is 4.52. The Hall–Kier alpha value is -0.740. The molecule has 74 valence electrons. The predicted octanol–water partition coefficient (Wildman–Crippen LogP) is 3.68. The summed E-state index contributed by atoms with van der Waals surface area (Å²) in [5, 5.41) is 2.01. The van der Waals surface area contributed by atoms with Crippen LogP contribution < -0.4 is 9.47 Å². The summed E-state index contributed by atoms with van der Waals surface area (Å²) < 4.78 is 12.6. The first-order valence-corrected chi connectivity index (χ1v) is 5.68. The van der Waals surface area contributed by atoms with Crippen LogP contribution in [0, 0.1) is 0 Å². The number of methoxy groups -OCH3 is 2. The summed E-state index contributed by atoms with van der Waals surface area (Å²) in [4.78, 5) is 0. The molecular weight excluding hydrogens is 264 g/mol. The summed E-state index contributed by atoms with van der Waals surface area (Å²) >= 11 is 5.09. The van der Waals surface area contributed by atoms with Gasteiger partial charge in [-0.15, -0.1) is 0 Å². The lowest BCUT2D eigenvalue weighted by molar-refractivity contribution is 0.420. The van der Waals surface area contributed by atoms with Gasteiger partial charge in [-0.3, -0.25) is 0 Å². The Balaban J connectivity index is 2.77. The van der Waals surface area contributed by atoms with Gasteiger partial charge in [-0.2, -0.15) is 0 Å². The molecule has 0 bridgehead atoms. The van der Waals surface area contributed by atoms with E-state index in [1.54, 1.807) is 25.6 Å². The Morgan fingerprint density at radius 2 is 2.00 bits per heavy atom. The zero-order chi connectivity index (χ0) is 10.1. The quantitative estimate of drug-likeness (QED) is 0.831. The molecule has 1 aromatic carbocycles. The molecule has 0 atom stereocenters. The Bertz CT molecular complexity index is 464. The SMILES string of the molecule is COc1sc2c(OC)cccc2c1Br. The lowest BCUT2D eigenvalue weighted by atomic mass is 10.2. The zero-order valence-corrected chi connectivity index (χ0v) is 10.2. The van der Waals surface area contributed by atoms with E-state index in [1.807, 2.05) is 18.2 Å². The average Bonchev–Trinajstić information content (AvgIpc) is 2.55. The van der Waals surface area contributed by atoms with E-state index in [0.29, 0.717) is 0 Å². The molecule has 0 aliphatic carbocycles. The topological polar surface area (TPSA) is 18.5 Å². The summed E-state index contributed by atoms with van der Waals surface area (Å²) in [6.07, 6.45) is 0. The highest BCUT2D eigenvalue weighted by Gasteiger charge is 2.12. The fourth-order valence-electron chi connectivity index (χ4n) is 1.33. The standard InChI is InChI=1S/C10H9BrO2S/c1-12-7-5-3-4-6-8(11)10(13-2)14-9(6)7/h3-5H,1-2H3. The van der Waals surface area contributed by atoms with Crippen LogP contribution in [0.15, 0.2) is 22.7 Å². The van der Waals surface area contributed by atoms with Gasteiger partial charge in [-0.1, -0.05) is 23.5 Å². The fourth-order valence-corrected chi connectivity index (χ4v) is 3.20. The molecule has 14 heavy (non-hydrogen) atoms. The summed E-state index contributed by atoms with van der Waals surface area (Å²) in [5.41, 5.74) is 0. The van der Waals surface area contributed by atoms with Crippen LogP contribution in [0.3, 0.4) is 0 Å². The van der Waals surface area contributed by atoms with Gasteiger partial charge in [0.15, 0.2) is 5.06 Å². The van der Waals surface area contributed by atoms with Crippen molar-refractivity contribution in [2.24, 2.45) is 0 Å². The molecule has 4 heteroatoms. The van der Waals surface area contributed by atoms with Gasteiger partial charge >= 0.3 is 0 Å². The van der Waals surface area contributed by atoms with E-state index in [0.717, 1.165) is 25.4 Å². The molecule has 0 aliphatic rings. The Morgan fingerprint density at radius 1 is 1.21 bits per heavy atom. The van der Waals surface area contributed by atoms with Crippen LogP contribution >= 0.6 is 27.3 Å². The van der Waals surface area contributed by atoms with Crippen molar-refractivity contribution in [3.8, 4) is 10.8 Å². The van der Waals surface area contributed by atoms with E-state index in [2.05, 4.69) is 15.9 Å². The molecule has 1 heterocycles. The maximum atomic E-state index is 5.27. The highest BCUT2D eigenvalue weighted by atomic mass is 79.9. The average molecular weight is 273 g/mol. The lowest BCUT2D eigenvalue weighted by Gasteiger charge is -1.99. The van der Waals surface area contributed by atoms with Gasteiger partial charge in [0.2, 0.25) is 0 Å². The number of fused-ring (bicyclic) bond motifs is 1. The highest BCUT2D eigenvalue weighted by Crippen LogP contribution is 2.44. The Kier molecular flexibility index (Phi) is 2.65. The van der Waals surface area contributed by atoms with Crippen molar-refractivity contribution in [2.45, 2.75) is 0 Å². The van der Waals surface area contributed by atoms with E-state index in [4.69, 9.17) is 9.47 Å². The van der Waals surface area contributed by atoms with E-state index in [-0.39, 0.29) is 0 Å². The molecule has 0 aliphatic heterocycles. The van der Waals surface area contributed by atoms with E-state index >= 15 is 0 Å². The first-order valence-electron chi connectivity index (χ1n) is 4.07. The van der Waals surface area contributed by atoms with Gasteiger partial charge in [0.05, 0.1) is 23.4 Å². The van der Waals surface area contributed by atoms with E-state index in [9.17, 15) is 0 Å². The largest absolute Gasteiger partial charge is 0.495 e. The van der Waals surface area contributed by atoms with Crippen LogP contribution in [0.1, 0.15) is 0 Å². The van der Waals surface area contributed by atoms with Crippen LogP contribution in [-0.2, 0) is 0 Å². The number of halogens is 1. The normalized spacial score (nSPS) is 10.5. The van der Waals surface area contributed by atoms with Crippen LogP contribution in [0.2, 0.25) is 0 Å². The smallest absolute Gasteiger partial charge is 0.189 e. The molecule has 0 spiro atoms. The minimum Gasteiger partial charge on any atom is -0.495 e. The third-order valence-electron chi connectivity index (χ3n) is 1.99. The molecular formula is C10H9BrO2S. The maximum absolute atomic E-state index is 5.27. The van der Waals surface area contributed by atoms with Gasteiger partial charge in [-0.25, -0.2) is 0 Å². The Labute approximate surface area is 94.6 Å². The molecule has 2 aromatic rings. The van der Waals surface area contributed by atoms with E-state index in [1.165, 1.54) is 0 Å². The summed E-state index contributed by atoms with van der Waals surface area (Å²) in [6.45, 7) is 0. The first-order chi connectivity index (χ1) is 6.77. The molecule has 2 rings (SSSR count). The van der Waals surface area contributed by atoms with Crippen molar-refractivity contribution in [3.63, 3.8) is 0 Å². The molecule has 0 fully saturated rings.